The van der Waals surface area contributed by atoms with Crippen LogP contribution >= 0.6 is 0 Å². The highest BCUT2D eigenvalue weighted by atomic mass is 16.5. The van der Waals surface area contributed by atoms with Crippen molar-refractivity contribution < 1.29 is 23.8 Å². The van der Waals surface area contributed by atoms with Crippen molar-refractivity contribution in [3.8, 4) is 5.75 Å². The Bertz CT molecular complexity index is 527. The fourth-order valence-electron chi connectivity index (χ4n) is 2.57. The first-order valence-corrected chi connectivity index (χ1v) is 9.60. The number of carbonyl (C=O) groups is 2. The van der Waals surface area contributed by atoms with Crippen LogP contribution in [-0.2, 0) is 25.7 Å². The van der Waals surface area contributed by atoms with E-state index in [2.05, 4.69) is 6.92 Å². The molecule has 1 aromatic carbocycles. The van der Waals surface area contributed by atoms with Crippen molar-refractivity contribution in [3.63, 3.8) is 0 Å². The molecule has 5 nitrogen and oxygen atoms in total. The molecule has 1 aromatic rings. The standard InChI is InChI=1S/C21H32O5/c1-3-4-5-6-7-8-11-16-25-20(22)14-15-21(23)26-17-18-12-9-10-13-19(18)24-2/h9-10,12-13H,3-8,11,14-17H2,1-2H3. The highest BCUT2D eigenvalue weighted by molar-refractivity contribution is 5.77. The number of para-hydroxylation sites is 1. The Morgan fingerprint density at radius 2 is 1.46 bits per heavy atom. The lowest BCUT2D eigenvalue weighted by molar-refractivity contribution is -0.151. The summed E-state index contributed by atoms with van der Waals surface area (Å²) < 4.78 is 15.5. The van der Waals surface area contributed by atoms with E-state index in [1.165, 1.54) is 32.1 Å². The van der Waals surface area contributed by atoms with Crippen LogP contribution in [0.3, 0.4) is 0 Å². The van der Waals surface area contributed by atoms with Gasteiger partial charge in [0, 0.05) is 5.56 Å². The summed E-state index contributed by atoms with van der Waals surface area (Å²) in [6, 6.07) is 7.35. The zero-order valence-electron chi connectivity index (χ0n) is 16.1. The van der Waals surface area contributed by atoms with Gasteiger partial charge in [0.05, 0.1) is 26.6 Å². The number of carbonyl (C=O) groups excluding carboxylic acids is 2. The predicted octanol–water partition coefficient (Wildman–Crippen LogP) is 4.81. The third-order valence-electron chi connectivity index (χ3n) is 4.13. The third-order valence-corrected chi connectivity index (χ3v) is 4.13. The molecule has 0 amide bonds. The van der Waals surface area contributed by atoms with E-state index in [4.69, 9.17) is 14.2 Å². The number of methoxy groups -OCH3 is 1. The number of unbranched alkanes of at least 4 members (excludes halogenated alkanes) is 6. The smallest absolute Gasteiger partial charge is 0.306 e. The van der Waals surface area contributed by atoms with Crippen LogP contribution in [0.2, 0.25) is 0 Å². The molecule has 0 unspecified atom stereocenters. The maximum absolute atomic E-state index is 11.8. The van der Waals surface area contributed by atoms with Crippen molar-refractivity contribution in [3.05, 3.63) is 29.8 Å². The molecular formula is C21H32O5. The number of benzene rings is 1. The van der Waals surface area contributed by atoms with Gasteiger partial charge in [-0.1, -0.05) is 63.6 Å². The second-order valence-corrected chi connectivity index (χ2v) is 6.31. The van der Waals surface area contributed by atoms with Crippen LogP contribution in [-0.4, -0.2) is 25.7 Å². The molecule has 0 aliphatic heterocycles. The Kier molecular flexibility index (Phi) is 12.0. The maximum atomic E-state index is 11.8. The summed E-state index contributed by atoms with van der Waals surface area (Å²) in [5.41, 5.74) is 0.796. The third kappa shape index (κ3) is 10.1. The Morgan fingerprint density at radius 1 is 0.846 bits per heavy atom. The largest absolute Gasteiger partial charge is 0.496 e. The van der Waals surface area contributed by atoms with Gasteiger partial charge in [0.15, 0.2) is 0 Å². The van der Waals surface area contributed by atoms with Crippen LogP contribution in [0.25, 0.3) is 0 Å². The molecular weight excluding hydrogens is 332 g/mol. The first kappa shape index (κ1) is 22.0. The van der Waals surface area contributed by atoms with Gasteiger partial charge in [-0.05, 0) is 12.5 Å². The van der Waals surface area contributed by atoms with E-state index in [0.717, 1.165) is 18.4 Å². The summed E-state index contributed by atoms with van der Waals surface area (Å²) >= 11 is 0. The zero-order chi connectivity index (χ0) is 19.0. The average Bonchev–Trinajstić information content (AvgIpc) is 2.67. The molecule has 5 heteroatoms. The summed E-state index contributed by atoms with van der Waals surface area (Å²) in [5.74, 6) is -0.0802. The van der Waals surface area contributed by atoms with Crippen molar-refractivity contribution in [1.82, 2.24) is 0 Å². The lowest BCUT2D eigenvalue weighted by Gasteiger charge is -2.09. The Morgan fingerprint density at radius 3 is 2.15 bits per heavy atom. The molecule has 0 atom stereocenters. The Balaban J connectivity index is 2.06. The maximum Gasteiger partial charge on any atom is 0.306 e. The van der Waals surface area contributed by atoms with Crippen LogP contribution in [0, 0.1) is 0 Å². The van der Waals surface area contributed by atoms with Crippen molar-refractivity contribution in [2.75, 3.05) is 13.7 Å². The fraction of sp³-hybridized carbons (Fsp3) is 0.619. The van der Waals surface area contributed by atoms with Crippen LogP contribution in [0.5, 0.6) is 5.75 Å². The summed E-state index contributed by atoms with van der Waals surface area (Å²) in [6.07, 6.45) is 8.32. The number of hydrogen-bond acceptors (Lipinski definition) is 5. The van der Waals surface area contributed by atoms with Crippen LogP contribution in [0.15, 0.2) is 24.3 Å². The highest BCUT2D eigenvalue weighted by Gasteiger charge is 2.10. The average molecular weight is 364 g/mol. The molecule has 0 spiro atoms. The van der Waals surface area contributed by atoms with Gasteiger partial charge in [-0.15, -0.1) is 0 Å². The summed E-state index contributed by atoms with van der Waals surface area (Å²) in [5, 5.41) is 0. The minimum Gasteiger partial charge on any atom is -0.496 e. The summed E-state index contributed by atoms with van der Waals surface area (Å²) in [7, 11) is 1.57. The molecule has 0 saturated carbocycles. The van der Waals surface area contributed by atoms with E-state index in [0.29, 0.717) is 12.4 Å². The highest BCUT2D eigenvalue weighted by Crippen LogP contribution is 2.18. The van der Waals surface area contributed by atoms with Gasteiger partial charge in [-0.25, -0.2) is 0 Å². The predicted molar refractivity (Wildman–Crippen MR) is 101 cm³/mol. The topological polar surface area (TPSA) is 61.8 Å². The van der Waals surface area contributed by atoms with Gasteiger partial charge in [0.25, 0.3) is 0 Å². The fourth-order valence-corrected chi connectivity index (χ4v) is 2.57. The molecule has 0 aliphatic rings. The van der Waals surface area contributed by atoms with Gasteiger partial charge < -0.3 is 14.2 Å². The number of rotatable bonds is 14. The first-order chi connectivity index (χ1) is 12.7. The monoisotopic (exact) mass is 364 g/mol. The van der Waals surface area contributed by atoms with E-state index >= 15 is 0 Å². The van der Waals surface area contributed by atoms with Gasteiger partial charge in [-0.2, -0.15) is 0 Å². The molecule has 0 radical (unpaired) electrons. The number of ether oxygens (including phenoxy) is 3. The second-order valence-electron chi connectivity index (χ2n) is 6.31. The van der Waals surface area contributed by atoms with Crippen molar-refractivity contribution in [1.29, 1.82) is 0 Å². The number of hydrogen-bond donors (Lipinski definition) is 0. The van der Waals surface area contributed by atoms with E-state index in [9.17, 15) is 9.59 Å². The van der Waals surface area contributed by atoms with Crippen LogP contribution in [0.1, 0.15) is 70.3 Å². The molecule has 1 rings (SSSR count). The Labute approximate surface area is 157 Å². The van der Waals surface area contributed by atoms with E-state index in [1.54, 1.807) is 7.11 Å². The quantitative estimate of drug-likeness (QED) is 0.350. The molecule has 0 N–H and O–H groups in total. The Hall–Kier alpha value is -2.04. The first-order valence-electron chi connectivity index (χ1n) is 9.60. The van der Waals surface area contributed by atoms with Gasteiger partial charge >= 0.3 is 11.9 Å². The van der Waals surface area contributed by atoms with Gasteiger partial charge in [-0.3, -0.25) is 9.59 Å². The number of esters is 2. The van der Waals surface area contributed by atoms with Crippen LogP contribution in [0.4, 0.5) is 0 Å². The zero-order valence-corrected chi connectivity index (χ0v) is 16.1. The molecule has 0 aromatic heterocycles. The van der Waals surface area contributed by atoms with Crippen molar-refractivity contribution in [2.24, 2.45) is 0 Å². The normalized spacial score (nSPS) is 10.4. The van der Waals surface area contributed by atoms with E-state index in [-0.39, 0.29) is 25.4 Å². The molecule has 0 fully saturated rings. The van der Waals surface area contributed by atoms with Gasteiger partial charge in [0.2, 0.25) is 0 Å². The minimum atomic E-state index is -0.413. The molecule has 0 aliphatic carbocycles. The molecule has 0 saturated heterocycles. The minimum absolute atomic E-state index is 0.0327. The summed E-state index contributed by atoms with van der Waals surface area (Å²) in [4.78, 5) is 23.4. The summed E-state index contributed by atoms with van der Waals surface area (Å²) in [6.45, 7) is 2.77. The van der Waals surface area contributed by atoms with E-state index in [1.807, 2.05) is 24.3 Å². The molecule has 0 bridgehead atoms. The second kappa shape index (κ2) is 14.2. The van der Waals surface area contributed by atoms with Gasteiger partial charge in [0.1, 0.15) is 12.4 Å². The molecule has 0 heterocycles. The lowest BCUT2D eigenvalue weighted by atomic mass is 10.1. The van der Waals surface area contributed by atoms with Crippen molar-refractivity contribution >= 4 is 11.9 Å². The molecule has 146 valence electrons. The van der Waals surface area contributed by atoms with Crippen LogP contribution < -0.4 is 4.74 Å². The lowest BCUT2D eigenvalue weighted by Crippen LogP contribution is -2.11. The van der Waals surface area contributed by atoms with Crippen molar-refractivity contribution in [2.45, 2.75) is 71.3 Å². The molecule has 26 heavy (non-hydrogen) atoms. The SMILES string of the molecule is CCCCCCCCCOC(=O)CCC(=O)OCc1ccccc1OC. The van der Waals surface area contributed by atoms with E-state index < -0.39 is 5.97 Å².